The molecule has 182 valence electrons. The van der Waals surface area contributed by atoms with E-state index in [1.54, 1.807) is 23.0 Å². The van der Waals surface area contributed by atoms with Crippen molar-refractivity contribution in [3.8, 4) is 11.5 Å². The SMILES string of the molecule is CCCn1c(NC(=O)c2cscn2)nc2c(OC)c(OCCCN3CCOCC3)ccc2c1=O. The second-order valence-electron chi connectivity index (χ2n) is 7.87. The molecule has 0 spiro atoms. The first-order chi connectivity index (χ1) is 16.6. The number of amides is 1. The minimum atomic E-state index is -0.424. The molecule has 0 bridgehead atoms. The standard InChI is InChI=1S/C23H29N5O5S/c1-3-7-28-22(30)16-5-6-18(33-11-4-8-27-9-12-32-13-10-27)20(31-2)19(16)25-23(28)26-21(29)17-14-34-15-24-17/h5-6,14-15H,3-4,7-13H2,1-2H3,(H,25,26,29). The van der Waals surface area contributed by atoms with Gasteiger partial charge in [-0.05, 0) is 25.0 Å². The lowest BCUT2D eigenvalue weighted by Gasteiger charge is -2.26. The molecule has 1 aliphatic heterocycles. The first kappa shape index (κ1) is 24.1. The highest BCUT2D eigenvalue weighted by Gasteiger charge is 2.20. The van der Waals surface area contributed by atoms with Crippen molar-refractivity contribution in [2.24, 2.45) is 0 Å². The number of nitrogens with one attached hydrogen (secondary N) is 1. The van der Waals surface area contributed by atoms with Gasteiger partial charge in [0.15, 0.2) is 11.5 Å². The maximum atomic E-state index is 13.3. The van der Waals surface area contributed by atoms with Crippen molar-refractivity contribution >= 4 is 34.1 Å². The van der Waals surface area contributed by atoms with Crippen LogP contribution in [0.2, 0.25) is 0 Å². The summed E-state index contributed by atoms with van der Waals surface area (Å²) in [5.41, 5.74) is 1.94. The molecule has 3 heterocycles. The van der Waals surface area contributed by atoms with Gasteiger partial charge in [0.2, 0.25) is 5.95 Å². The Balaban J connectivity index is 1.59. The van der Waals surface area contributed by atoms with E-state index in [0.29, 0.717) is 42.0 Å². The highest BCUT2D eigenvalue weighted by Crippen LogP contribution is 2.34. The highest BCUT2D eigenvalue weighted by molar-refractivity contribution is 7.07. The fourth-order valence-corrected chi connectivity index (χ4v) is 4.40. The molecule has 0 unspecified atom stereocenters. The second-order valence-corrected chi connectivity index (χ2v) is 8.59. The summed E-state index contributed by atoms with van der Waals surface area (Å²) in [4.78, 5) is 36.9. The summed E-state index contributed by atoms with van der Waals surface area (Å²) in [6, 6.07) is 3.44. The fraction of sp³-hybridized carbons (Fsp3) is 0.478. The molecular formula is C23H29N5O5S. The van der Waals surface area contributed by atoms with Crippen LogP contribution in [0, 0.1) is 0 Å². The van der Waals surface area contributed by atoms with Crippen LogP contribution in [0.15, 0.2) is 27.8 Å². The average molecular weight is 488 g/mol. The molecule has 11 heteroatoms. The number of ether oxygens (including phenoxy) is 3. The van der Waals surface area contributed by atoms with E-state index in [4.69, 9.17) is 14.2 Å². The number of benzene rings is 1. The van der Waals surface area contributed by atoms with Crippen molar-refractivity contribution in [2.45, 2.75) is 26.3 Å². The lowest BCUT2D eigenvalue weighted by molar-refractivity contribution is 0.0357. The molecule has 1 amide bonds. The minimum absolute atomic E-state index is 0.153. The largest absolute Gasteiger partial charge is 0.491 e. The van der Waals surface area contributed by atoms with Crippen LogP contribution in [0.3, 0.4) is 0 Å². The smallest absolute Gasteiger partial charge is 0.277 e. The van der Waals surface area contributed by atoms with Gasteiger partial charge in [-0.25, -0.2) is 9.97 Å². The number of morpholine rings is 1. The summed E-state index contributed by atoms with van der Waals surface area (Å²) in [6.07, 6.45) is 1.55. The molecule has 1 N–H and O–H groups in total. The van der Waals surface area contributed by atoms with Gasteiger partial charge in [-0.1, -0.05) is 6.92 Å². The van der Waals surface area contributed by atoms with Crippen molar-refractivity contribution in [1.29, 1.82) is 0 Å². The number of hydrogen-bond acceptors (Lipinski definition) is 9. The number of anilines is 1. The predicted octanol–water partition coefficient (Wildman–Crippen LogP) is 2.63. The monoisotopic (exact) mass is 487 g/mol. The number of methoxy groups -OCH3 is 1. The van der Waals surface area contributed by atoms with Crippen LogP contribution < -0.4 is 20.3 Å². The zero-order chi connectivity index (χ0) is 23.9. The lowest BCUT2D eigenvalue weighted by Crippen LogP contribution is -2.37. The number of nitrogens with zero attached hydrogens (tertiary/aromatic N) is 4. The van der Waals surface area contributed by atoms with Crippen LogP contribution in [0.1, 0.15) is 30.3 Å². The summed E-state index contributed by atoms with van der Waals surface area (Å²) in [5.74, 6) is 0.606. The molecule has 0 atom stereocenters. The van der Waals surface area contributed by atoms with Crippen molar-refractivity contribution in [3.63, 3.8) is 0 Å². The van der Waals surface area contributed by atoms with Gasteiger partial charge in [0, 0.05) is 31.6 Å². The first-order valence-corrected chi connectivity index (χ1v) is 12.3. The zero-order valence-electron chi connectivity index (χ0n) is 19.4. The van der Waals surface area contributed by atoms with Crippen molar-refractivity contribution in [3.05, 3.63) is 39.1 Å². The Morgan fingerprint density at radius 3 is 2.79 bits per heavy atom. The Kier molecular flexibility index (Phi) is 8.09. The van der Waals surface area contributed by atoms with Crippen molar-refractivity contribution in [2.75, 3.05) is 51.9 Å². The number of aromatic nitrogens is 3. The predicted molar refractivity (Wildman–Crippen MR) is 130 cm³/mol. The molecule has 34 heavy (non-hydrogen) atoms. The van der Waals surface area contributed by atoms with Crippen molar-refractivity contribution < 1.29 is 19.0 Å². The number of hydrogen-bond donors (Lipinski definition) is 1. The molecule has 1 fully saturated rings. The van der Waals surface area contributed by atoms with Gasteiger partial charge >= 0.3 is 0 Å². The minimum Gasteiger partial charge on any atom is -0.491 e. The molecule has 4 rings (SSSR count). The van der Waals surface area contributed by atoms with Crippen LogP contribution >= 0.6 is 11.3 Å². The van der Waals surface area contributed by atoms with Crippen LogP contribution in [-0.4, -0.2) is 71.9 Å². The Bertz CT molecular complexity index is 1170. The molecule has 1 saturated heterocycles. The third kappa shape index (κ3) is 5.37. The number of thiazole rings is 1. The molecule has 0 radical (unpaired) electrons. The van der Waals surface area contributed by atoms with Gasteiger partial charge in [-0.15, -0.1) is 11.3 Å². The molecule has 0 aliphatic carbocycles. The second kappa shape index (κ2) is 11.4. The Morgan fingerprint density at radius 1 is 1.26 bits per heavy atom. The lowest BCUT2D eigenvalue weighted by atomic mass is 10.2. The molecular weight excluding hydrogens is 458 g/mol. The first-order valence-electron chi connectivity index (χ1n) is 11.4. The maximum Gasteiger partial charge on any atom is 0.277 e. The van der Waals surface area contributed by atoms with E-state index in [1.807, 2.05) is 6.92 Å². The summed E-state index contributed by atoms with van der Waals surface area (Å²) in [5, 5.41) is 4.78. The van der Waals surface area contributed by atoms with Crippen LogP contribution in [0.5, 0.6) is 11.5 Å². The normalized spacial score (nSPS) is 14.3. The van der Waals surface area contributed by atoms with E-state index < -0.39 is 5.91 Å². The number of rotatable bonds is 10. The summed E-state index contributed by atoms with van der Waals surface area (Å²) in [6.45, 7) is 7.19. The highest BCUT2D eigenvalue weighted by atomic mass is 32.1. The Hall–Kier alpha value is -3.02. The van der Waals surface area contributed by atoms with E-state index in [0.717, 1.165) is 39.3 Å². The summed E-state index contributed by atoms with van der Waals surface area (Å²) in [7, 11) is 1.52. The molecule has 0 saturated carbocycles. The van der Waals surface area contributed by atoms with Crippen LogP contribution in [-0.2, 0) is 11.3 Å². The molecule has 3 aromatic rings. The van der Waals surface area contributed by atoms with E-state index in [1.165, 1.54) is 23.0 Å². The fourth-order valence-electron chi connectivity index (χ4n) is 3.87. The zero-order valence-corrected chi connectivity index (χ0v) is 20.2. The van der Waals surface area contributed by atoms with E-state index >= 15 is 0 Å². The summed E-state index contributed by atoms with van der Waals surface area (Å²) >= 11 is 1.32. The van der Waals surface area contributed by atoms with Gasteiger partial charge in [-0.2, -0.15) is 0 Å². The molecule has 2 aromatic heterocycles. The van der Waals surface area contributed by atoms with Gasteiger partial charge in [0.1, 0.15) is 11.2 Å². The van der Waals surface area contributed by atoms with E-state index in [9.17, 15) is 9.59 Å². The van der Waals surface area contributed by atoms with Crippen LogP contribution in [0.25, 0.3) is 10.9 Å². The van der Waals surface area contributed by atoms with Gasteiger partial charge in [0.25, 0.3) is 11.5 Å². The van der Waals surface area contributed by atoms with Crippen molar-refractivity contribution in [1.82, 2.24) is 19.4 Å². The van der Waals surface area contributed by atoms with E-state index in [2.05, 4.69) is 20.2 Å². The number of carbonyl (C=O) groups excluding carboxylic acids is 1. The quantitative estimate of drug-likeness (QED) is 0.435. The Morgan fingerprint density at radius 2 is 2.09 bits per heavy atom. The third-order valence-electron chi connectivity index (χ3n) is 5.57. The average Bonchev–Trinajstić information content (AvgIpc) is 3.40. The molecule has 10 nitrogen and oxygen atoms in total. The number of carbonyl (C=O) groups is 1. The topological polar surface area (TPSA) is 108 Å². The Labute approximate surface area is 201 Å². The molecule has 1 aromatic carbocycles. The summed E-state index contributed by atoms with van der Waals surface area (Å²) < 4.78 is 18.5. The van der Waals surface area contributed by atoms with Gasteiger partial charge in [0.05, 0.1) is 37.8 Å². The number of fused-ring (bicyclic) bond motifs is 1. The molecule has 1 aliphatic rings. The maximum absolute atomic E-state index is 13.3. The van der Waals surface area contributed by atoms with Crippen LogP contribution in [0.4, 0.5) is 5.95 Å². The van der Waals surface area contributed by atoms with Gasteiger partial charge in [-0.3, -0.25) is 24.4 Å². The van der Waals surface area contributed by atoms with E-state index in [-0.39, 0.29) is 17.2 Å². The third-order valence-corrected chi connectivity index (χ3v) is 6.15. The van der Waals surface area contributed by atoms with Gasteiger partial charge < -0.3 is 14.2 Å².